The van der Waals surface area contributed by atoms with E-state index >= 15 is 0 Å². The van der Waals surface area contributed by atoms with Gasteiger partial charge in [0.1, 0.15) is 6.04 Å². The number of aromatic nitrogens is 4. The third kappa shape index (κ3) is 3.27. The Balaban J connectivity index is 1.58. The maximum Gasteiger partial charge on any atom is 0.255 e. The van der Waals surface area contributed by atoms with Crippen LogP contribution in [0.4, 0.5) is 11.6 Å². The number of para-hydroxylation sites is 1. The average Bonchev–Trinajstić information content (AvgIpc) is 3.44. The molecule has 3 aromatic heterocycles. The number of pyridine rings is 1. The average molecular weight is 414 g/mol. The van der Waals surface area contributed by atoms with E-state index in [4.69, 9.17) is 5.10 Å². The van der Waals surface area contributed by atoms with Gasteiger partial charge in [-0.1, -0.05) is 24.3 Å². The molecular formula is C22H18N6OS. The Morgan fingerprint density at radius 3 is 2.63 bits per heavy atom. The van der Waals surface area contributed by atoms with Gasteiger partial charge in [0.15, 0.2) is 5.82 Å². The lowest BCUT2D eigenvalue weighted by atomic mass is 10.0. The molecule has 7 nitrogen and oxygen atoms in total. The fourth-order valence-corrected chi connectivity index (χ4v) is 4.32. The van der Waals surface area contributed by atoms with Crippen molar-refractivity contribution in [3.63, 3.8) is 0 Å². The van der Waals surface area contributed by atoms with Crippen molar-refractivity contribution < 1.29 is 4.79 Å². The number of benzene rings is 1. The van der Waals surface area contributed by atoms with Crippen molar-refractivity contribution >= 4 is 28.9 Å². The van der Waals surface area contributed by atoms with Gasteiger partial charge in [0.25, 0.3) is 5.91 Å². The first-order valence-electron chi connectivity index (χ1n) is 9.45. The number of hydrogen-bond donors (Lipinski definition) is 2. The highest BCUT2D eigenvalue weighted by Crippen LogP contribution is 2.38. The van der Waals surface area contributed by atoms with Crippen LogP contribution in [-0.4, -0.2) is 25.7 Å². The molecule has 0 aliphatic carbocycles. The van der Waals surface area contributed by atoms with Crippen molar-refractivity contribution in [2.75, 3.05) is 10.6 Å². The molecule has 4 heterocycles. The smallest absolute Gasteiger partial charge is 0.255 e. The zero-order valence-corrected chi connectivity index (χ0v) is 16.9. The number of carbonyl (C=O) groups excluding carboxylic acids is 1. The third-order valence-electron chi connectivity index (χ3n) is 4.88. The van der Waals surface area contributed by atoms with Gasteiger partial charge < -0.3 is 10.6 Å². The van der Waals surface area contributed by atoms with Gasteiger partial charge in [-0.3, -0.25) is 9.78 Å². The summed E-state index contributed by atoms with van der Waals surface area (Å²) in [5, 5.41) is 13.0. The number of fused-ring (bicyclic) bond motifs is 1. The molecule has 30 heavy (non-hydrogen) atoms. The quantitative estimate of drug-likeness (QED) is 0.519. The Kier molecular flexibility index (Phi) is 4.61. The summed E-state index contributed by atoms with van der Waals surface area (Å²) < 4.78 is 1.79. The van der Waals surface area contributed by atoms with Crippen LogP contribution in [0.15, 0.2) is 83.6 Å². The fraction of sp³-hybridized carbons (Fsp3) is 0.0909. The minimum Gasteiger partial charge on any atom is -0.328 e. The van der Waals surface area contributed by atoms with Crippen LogP contribution in [0.5, 0.6) is 0 Å². The Morgan fingerprint density at radius 1 is 1.10 bits per heavy atom. The van der Waals surface area contributed by atoms with E-state index in [9.17, 15) is 4.79 Å². The molecule has 4 aromatic rings. The summed E-state index contributed by atoms with van der Waals surface area (Å²) in [4.78, 5) is 23.0. The number of carbonyl (C=O) groups is 1. The fourth-order valence-electron chi connectivity index (χ4n) is 3.50. The molecule has 148 valence electrons. The van der Waals surface area contributed by atoms with Crippen molar-refractivity contribution in [2.24, 2.45) is 0 Å². The lowest BCUT2D eigenvalue weighted by molar-refractivity contribution is -0.113. The lowest BCUT2D eigenvalue weighted by Gasteiger charge is -2.27. The van der Waals surface area contributed by atoms with E-state index in [0.717, 1.165) is 21.8 Å². The first kappa shape index (κ1) is 18.3. The maximum absolute atomic E-state index is 13.3. The second kappa shape index (κ2) is 7.57. The molecule has 0 saturated carbocycles. The molecular weight excluding hydrogens is 396 g/mol. The number of amides is 1. The first-order chi connectivity index (χ1) is 14.7. The second-order valence-electron chi connectivity index (χ2n) is 6.84. The molecule has 0 spiro atoms. The van der Waals surface area contributed by atoms with E-state index in [1.54, 1.807) is 28.4 Å². The molecule has 2 N–H and O–H groups in total. The zero-order valence-electron chi connectivity index (χ0n) is 16.1. The van der Waals surface area contributed by atoms with Crippen molar-refractivity contribution in [3.8, 4) is 11.4 Å². The highest BCUT2D eigenvalue weighted by molar-refractivity contribution is 7.10. The van der Waals surface area contributed by atoms with Crippen LogP contribution in [0.2, 0.25) is 0 Å². The molecule has 1 aliphatic rings. The topological polar surface area (TPSA) is 84.7 Å². The number of nitrogens with zero attached hydrogens (tertiary/aromatic N) is 4. The van der Waals surface area contributed by atoms with Crippen LogP contribution in [0, 0.1) is 0 Å². The summed E-state index contributed by atoms with van der Waals surface area (Å²) >= 11 is 1.59. The molecule has 5 rings (SSSR count). The number of allylic oxidation sites excluding steroid dienone is 1. The van der Waals surface area contributed by atoms with Crippen molar-refractivity contribution in [3.05, 3.63) is 88.5 Å². The SMILES string of the molecule is CC1=C(C(=O)Nc2ccccc2)C(c2cccs2)n2nc(-c3ccncc3)nc2N1. The van der Waals surface area contributed by atoms with E-state index in [2.05, 4.69) is 20.6 Å². The van der Waals surface area contributed by atoms with Gasteiger partial charge in [-0.2, -0.15) is 4.98 Å². The molecule has 1 amide bonds. The van der Waals surface area contributed by atoms with Crippen LogP contribution in [0.3, 0.4) is 0 Å². The lowest BCUT2D eigenvalue weighted by Crippen LogP contribution is -2.31. The number of nitrogens with one attached hydrogen (secondary N) is 2. The van der Waals surface area contributed by atoms with Crippen LogP contribution in [0.1, 0.15) is 17.8 Å². The molecule has 1 atom stereocenters. The zero-order chi connectivity index (χ0) is 20.5. The van der Waals surface area contributed by atoms with Gasteiger partial charge in [0.2, 0.25) is 5.95 Å². The molecule has 1 aromatic carbocycles. The standard InChI is InChI=1S/C22H18N6OS/c1-14-18(21(29)25-16-6-3-2-4-7-16)19(17-8-5-13-30-17)28-22(24-14)26-20(27-28)15-9-11-23-12-10-15/h2-13,19H,1H3,(H,25,29)(H,24,26,27). The summed E-state index contributed by atoms with van der Waals surface area (Å²) in [5.74, 6) is 1.02. The highest BCUT2D eigenvalue weighted by Gasteiger charge is 2.35. The van der Waals surface area contributed by atoms with E-state index < -0.39 is 0 Å². The summed E-state index contributed by atoms with van der Waals surface area (Å²) in [5.41, 5.74) is 2.98. The molecule has 0 bridgehead atoms. The Hall–Kier alpha value is -3.78. The van der Waals surface area contributed by atoms with Crippen molar-refractivity contribution in [2.45, 2.75) is 13.0 Å². The Morgan fingerprint density at radius 2 is 1.90 bits per heavy atom. The number of thiophene rings is 1. The van der Waals surface area contributed by atoms with Gasteiger partial charge in [0.05, 0.1) is 5.57 Å². The maximum atomic E-state index is 13.3. The third-order valence-corrected chi connectivity index (χ3v) is 5.80. The number of anilines is 2. The Labute approximate surface area is 177 Å². The highest BCUT2D eigenvalue weighted by atomic mass is 32.1. The molecule has 0 radical (unpaired) electrons. The van der Waals surface area contributed by atoms with Gasteiger partial charge in [-0.05, 0) is 42.6 Å². The van der Waals surface area contributed by atoms with Gasteiger partial charge in [-0.15, -0.1) is 16.4 Å². The van der Waals surface area contributed by atoms with Crippen LogP contribution >= 0.6 is 11.3 Å². The second-order valence-corrected chi connectivity index (χ2v) is 7.82. The largest absolute Gasteiger partial charge is 0.328 e. The first-order valence-corrected chi connectivity index (χ1v) is 10.3. The molecule has 8 heteroatoms. The predicted molar refractivity (Wildman–Crippen MR) is 117 cm³/mol. The summed E-state index contributed by atoms with van der Waals surface area (Å²) in [6, 6.07) is 16.8. The van der Waals surface area contributed by atoms with Crippen molar-refractivity contribution in [1.82, 2.24) is 19.7 Å². The molecule has 1 unspecified atom stereocenters. The van der Waals surface area contributed by atoms with Gasteiger partial charge >= 0.3 is 0 Å². The van der Waals surface area contributed by atoms with E-state index in [1.807, 2.05) is 66.9 Å². The number of hydrogen-bond acceptors (Lipinski definition) is 6. The Bertz CT molecular complexity index is 1220. The monoisotopic (exact) mass is 414 g/mol. The molecule has 1 aliphatic heterocycles. The molecule has 0 saturated heterocycles. The summed E-state index contributed by atoms with van der Waals surface area (Å²) in [6.45, 7) is 1.89. The molecule has 0 fully saturated rings. The minimum absolute atomic E-state index is 0.170. The van der Waals surface area contributed by atoms with E-state index in [1.165, 1.54) is 0 Å². The van der Waals surface area contributed by atoms with Crippen LogP contribution in [0.25, 0.3) is 11.4 Å². The van der Waals surface area contributed by atoms with Crippen molar-refractivity contribution in [1.29, 1.82) is 0 Å². The predicted octanol–water partition coefficient (Wildman–Crippen LogP) is 4.33. The van der Waals surface area contributed by atoms with Gasteiger partial charge in [0, 0.05) is 34.2 Å². The van der Waals surface area contributed by atoms with Gasteiger partial charge in [-0.25, -0.2) is 4.68 Å². The van der Waals surface area contributed by atoms with Crippen LogP contribution in [-0.2, 0) is 4.79 Å². The van der Waals surface area contributed by atoms with Crippen LogP contribution < -0.4 is 10.6 Å². The minimum atomic E-state index is -0.368. The summed E-state index contributed by atoms with van der Waals surface area (Å²) in [7, 11) is 0. The normalized spacial score (nSPS) is 15.4. The van der Waals surface area contributed by atoms with E-state index in [0.29, 0.717) is 17.3 Å². The summed E-state index contributed by atoms with van der Waals surface area (Å²) in [6.07, 6.45) is 3.42. The van der Waals surface area contributed by atoms with E-state index in [-0.39, 0.29) is 11.9 Å². The number of rotatable bonds is 4.